The van der Waals surface area contributed by atoms with Crippen LogP contribution in [0.15, 0.2) is 36.4 Å². The minimum atomic E-state index is -0.835. The van der Waals surface area contributed by atoms with Crippen LogP contribution in [-0.2, 0) is 14.3 Å². The van der Waals surface area contributed by atoms with Gasteiger partial charge in [0.25, 0.3) is 17.5 Å². The highest BCUT2D eigenvalue weighted by atomic mass is 35.5. The van der Waals surface area contributed by atoms with Crippen LogP contribution in [0, 0.1) is 24.0 Å². The first kappa shape index (κ1) is 21.8. The summed E-state index contributed by atoms with van der Waals surface area (Å²) in [5.41, 5.74) is 2.05. The third-order valence-corrected chi connectivity index (χ3v) is 4.36. The van der Waals surface area contributed by atoms with Crippen LogP contribution in [0.2, 0.25) is 5.02 Å². The molecule has 2 N–H and O–H groups in total. The topological polar surface area (TPSA) is 128 Å². The second-order valence-corrected chi connectivity index (χ2v) is 6.47. The van der Waals surface area contributed by atoms with Crippen molar-refractivity contribution in [1.29, 1.82) is 0 Å². The molecule has 29 heavy (non-hydrogen) atoms. The molecule has 0 bridgehead atoms. The SMILES string of the molecule is Cc1cccc(NC(=O)COC(=O)CNC(=O)c2ccc(Cl)c([N+](=O)[O-])c2)c1C. The van der Waals surface area contributed by atoms with Crippen molar-refractivity contribution >= 4 is 40.8 Å². The molecule has 0 aliphatic rings. The summed E-state index contributed by atoms with van der Waals surface area (Å²) in [5, 5.41) is 15.7. The van der Waals surface area contributed by atoms with Gasteiger partial charge in [-0.2, -0.15) is 0 Å². The third-order valence-electron chi connectivity index (χ3n) is 4.04. The zero-order chi connectivity index (χ0) is 21.6. The van der Waals surface area contributed by atoms with Crippen LogP contribution in [0.1, 0.15) is 21.5 Å². The van der Waals surface area contributed by atoms with Gasteiger partial charge in [-0.25, -0.2) is 0 Å². The summed E-state index contributed by atoms with van der Waals surface area (Å²) in [6, 6.07) is 8.93. The highest BCUT2D eigenvalue weighted by Gasteiger charge is 2.17. The van der Waals surface area contributed by atoms with Crippen molar-refractivity contribution in [2.24, 2.45) is 0 Å². The summed E-state index contributed by atoms with van der Waals surface area (Å²) in [6.45, 7) is 2.73. The number of esters is 1. The Hall–Kier alpha value is -3.46. The molecule has 0 aromatic heterocycles. The van der Waals surface area contributed by atoms with E-state index in [2.05, 4.69) is 10.6 Å². The first-order valence-corrected chi connectivity index (χ1v) is 8.80. The quantitative estimate of drug-likeness (QED) is 0.403. The predicted molar refractivity (Wildman–Crippen MR) is 106 cm³/mol. The standard InChI is InChI=1S/C19H18ClN3O6/c1-11-4-3-5-15(12(11)2)22-17(24)10-29-18(25)9-21-19(26)13-6-7-14(20)16(8-13)23(27)28/h3-8H,9-10H2,1-2H3,(H,21,26)(H,22,24). The summed E-state index contributed by atoms with van der Waals surface area (Å²) in [6.07, 6.45) is 0. The molecule has 0 heterocycles. The minimum absolute atomic E-state index is 0.0402. The third kappa shape index (κ3) is 6.01. The van der Waals surface area contributed by atoms with Gasteiger partial charge >= 0.3 is 5.97 Å². The fraction of sp³-hybridized carbons (Fsp3) is 0.211. The Labute approximate surface area is 171 Å². The Morgan fingerprint density at radius 2 is 1.90 bits per heavy atom. The summed E-state index contributed by atoms with van der Waals surface area (Å²) in [7, 11) is 0. The van der Waals surface area contributed by atoms with E-state index in [4.69, 9.17) is 16.3 Å². The van der Waals surface area contributed by atoms with E-state index in [9.17, 15) is 24.5 Å². The van der Waals surface area contributed by atoms with Crippen LogP contribution in [0.5, 0.6) is 0 Å². The van der Waals surface area contributed by atoms with Crippen LogP contribution >= 0.6 is 11.6 Å². The fourth-order valence-electron chi connectivity index (χ4n) is 2.32. The Bertz CT molecular complexity index is 976. The van der Waals surface area contributed by atoms with Gasteiger partial charge in [0, 0.05) is 17.3 Å². The van der Waals surface area contributed by atoms with Crippen molar-refractivity contribution in [2.75, 3.05) is 18.5 Å². The number of nitro benzene ring substituents is 1. The number of nitrogens with zero attached hydrogens (tertiary/aromatic N) is 1. The molecule has 0 aliphatic heterocycles. The molecule has 0 fully saturated rings. The van der Waals surface area contributed by atoms with Gasteiger partial charge in [-0.1, -0.05) is 23.7 Å². The molecule has 152 valence electrons. The number of hydrogen-bond donors (Lipinski definition) is 2. The summed E-state index contributed by atoms with van der Waals surface area (Å²) >= 11 is 5.69. The van der Waals surface area contributed by atoms with Gasteiger partial charge in [0.05, 0.1) is 4.92 Å². The molecule has 0 radical (unpaired) electrons. The number of amides is 2. The number of carbonyl (C=O) groups is 3. The average molecular weight is 420 g/mol. The van der Waals surface area contributed by atoms with Crippen LogP contribution in [0.25, 0.3) is 0 Å². The molecule has 10 heteroatoms. The molecule has 0 saturated heterocycles. The highest BCUT2D eigenvalue weighted by molar-refractivity contribution is 6.32. The highest BCUT2D eigenvalue weighted by Crippen LogP contribution is 2.25. The number of anilines is 1. The van der Waals surface area contributed by atoms with Crippen LogP contribution in [0.4, 0.5) is 11.4 Å². The van der Waals surface area contributed by atoms with Crippen molar-refractivity contribution in [3.63, 3.8) is 0 Å². The summed E-state index contributed by atoms with van der Waals surface area (Å²) < 4.78 is 4.82. The number of nitrogens with one attached hydrogen (secondary N) is 2. The maximum absolute atomic E-state index is 12.0. The number of carbonyl (C=O) groups excluding carboxylic acids is 3. The van der Waals surface area contributed by atoms with E-state index >= 15 is 0 Å². The zero-order valence-electron chi connectivity index (χ0n) is 15.7. The number of ether oxygens (including phenoxy) is 1. The minimum Gasteiger partial charge on any atom is -0.454 e. The molecule has 0 spiro atoms. The monoisotopic (exact) mass is 419 g/mol. The maximum Gasteiger partial charge on any atom is 0.325 e. The van der Waals surface area contributed by atoms with Crippen molar-refractivity contribution in [3.05, 3.63) is 68.2 Å². The lowest BCUT2D eigenvalue weighted by Gasteiger charge is -2.11. The lowest BCUT2D eigenvalue weighted by Crippen LogP contribution is -2.32. The molecule has 0 atom stereocenters. The van der Waals surface area contributed by atoms with Crippen molar-refractivity contribution in [3.8, 4) is 0 Å². The Kier molecular flexibility index (Phi) is 7.27. The Morgan fingerprint density at radius 3 is 2.59 bits per heavy atom. The first-order chi connectivity index (χ1) is 13.7. The summed E-state index contributed by atoms with van der Waals surface area (Å²) in [5.74, 6) is -2.08. The number of halogens is 1. The molecule has 9 nitrogen and oxygen atoms in total. The molecular weight excluding hydrogens is 402 g/mol. The van der Waals surface area contributed by atoms with Crippen molar-refractivity contribution < 1.29 is 24.0 Å². The molecule has 2 rings (SSSR count). The number of nitro groups is 1. The fourth-order valence-corrected chi connectivity index (χ4v) is 2.50. The van der Waals surface area contributed by atoms with Crippen LogP contribution in [0.3, 0.4) is 0 Å². The van der Waals surface area contributed by atoms with Crippen LogP contribution < -0.4 is 10.6 Å². The average Bonchev–Trinajstić information content (AvgIpc) is 2.68. The van der Waals surface area contributed by atoms with Crippen molar-refractivity contribution in [1.82, 2.24) is 5.32 Å². The van der Waals surface area contributed by atoms with Crippen molar-refractivity contribution in [2.45, 2.75) is 13.8 Å². The molecule has 0 unspecified atom stereocenters. The lowest BCUT2D eigenvalue weighted by molar-refractivity contribution is -0.384. The largest absolute Gasteiger partial charge is 0.454 e. The first-order valence-electron chi connectivity index (χ1n) is 8.43. The van der Waals surface area contributed by atoms with Gasteiger partial charge in [0.2, 0.25) is 0 Å². The van der Waals surface area contributed by atoms with Gasteiger partial charge in [0.15, 0.2) is 6.61 Å². The van der Waals surface area contributed by atoms with Gasteiger partial charge in [-0.3, -0.25) is 24.5 Å². The van der Waals surface area contributed by atoms with E-state index in [1.54, 1.807) is 12.1 Å². The maximum atomic E-state index is 12.0. The predicted octanol–water partition coefficient (Wildman–Crippen LogP) is 2.78. The second-order valence-electron chi connectivity index (χ2n) is 6.06. The number of rotatable bonds is 7. The van der Waals surface area contributed by atoms with Gasteiger partial charge in [-0.15, -0.1) is 0 Å². The second kappa shape index (κ2) is 9.65. The van der Waals surface area contributed by atoms with E-state index in [1.807, 2.05) is 19.9 Å². The summed E-state index contributed by atoms with van der Waals surface area (Å²) in [4.78, 5) is 45.8. The molecular formula is C19H18ClN3O6. The Balaban J connectivity index is 1.83. The zero-order valence-corrected chi connectivity index (χ0v) is 16.4. The number of hydrogen-bond acceptors (Lipinski definition) is 6. The van der Waals surface area contributed by atoms with Gasteiger partial charge in [-0.05, 0) is 43.2 Å². The molecule has 0 saturated carbocycles. The molecule has 2 aromatic rings. The molecule has 2 aromatic carbocycles. The smallest absolute Gasteiger partial charge is 0.325 e. The molecule has 2 amide bonds. The number of benzene rings is 2. The Morgan fingerprint density at radius 1 is 1.17 bits per heavy atom. The van der Waals surface area contributed by atoms with E-state index < -0.39 is 41.5 Å². The normalized spacial score (nSPS) is 10.2. The van der Waals surface area contributed by atoms with E-state index in [0.29, 0.717) is 5.69 Å². The van der Waals surface area contributed by atoms with Gasteiger partial charge < -0.3 is 15.4 Å². The van der Waals surface area contributed by atoms with E-state index in [-0.39, 0.29) is 10.6 Å². The van der Waals surface area contributed by atoms with E-state index in [1.165, 1.54) is 12.1 Å². The van der Waals surface area contributed by atoms with E-state index in [0.717, 1.165) is 17.2 Å². The van der Waals surface area contributed by atoms with Gasteiger partial charge in [0.1, 0.15) is 11.6 Å². The molecule has 0 aliphatic carbocycles. The lowest BCUT2D eigenvalue weighted by atomic mass is 10.1. The van der Waals surface area contributed by atoms with Crippen LogP contribution in [-0.4, -0.2) is 35.9 Å². The number of aryl methyl sites for hydroxylation is 1.